The summed E-state index contributed by atoms with van der Waals surface area (Å²) in [7, 11) is 0. The molecule has 5 rings (SSSR count). The van der Waals surface area contributed by atoms with Crippen LogP contribution in [0.15, 0.2) is 64.2 Å². The van der Waals surface area contributed by atoms with Gasteiger partial charge in [0.15, 0.2) is 5.84 Å². The van der Waals surface area contributed by atoms with Crippen molar-refractivity contribution < 1.29 is 4.79 Å². The van der Waals surface area contributed by atoms with Crippen LogP contribution in [0, 0.1) is 33.1 Å². The predicted molar refractivity (Wildman–Crippen MR) is 140 cm³/mol. The predicted octanol–water partition coefficient (Wildman–Crippen LogP) is 6.03. The normalized spacial score (nSPS) is 16.7. The summed E-state index contributed by atoms with van der Waals surface area (Å²) in [5.41, 5.74) is 7.01. The minimum absolute atomic E-state index is 0.0216. The maximum absolute atomic E-state index is 12.9. The Labute approximate surface area is 207 Å². The lowest BCUT2D eigenvalue weighted by Crippen LogP contribution is -2.35. The minimum atomic E-state index is -0.437. The number of amides is 1. The first-order valence-electron chi connectivity index (χ1n) is 10.8. The van der Waals surface area contributed by atoms with Crippen molar-refractivity contribution in [3.05, 3.63) is 92.8 Å². The number of aryl methyl sites for hydroxylation is 3. The summed E-state index contributed by atoms with van der Waals surface area (Å²) in [4.78, 5) is 17.1. The van der Waals surface area contributed by atoms with Crippen LogP contribution in [0.25, 0.3) is 11.8 Å². The zero-order valence-corrected chi connectivity index (χ0v) is 20.8. The topological polar surface area (TPSA) is 73.8 Å². The Morgan fingerprint density at radius 1 is 1.06 bits per heavy atom. The van der Waals surface area contributed by atoms with Crippen LogP contribution in [0.2, 0.25) is 5.02 Å². The lowest BCUT2D eigenvalue weighted by atomic mass is 10.1. The maximum atomic E-state index is 12.9. The molecule has 1 N–H and O–H groups in total. The van der Waals surface area contributed by atoms with E-state index in [1.54, 1.807) is 6.08 Å². The Morgan fingerprint density at radius 3 is 2.59 bits per heavy atom. The molecule has 0 radical (unpaired) electrons. The van der Waals surface area contributed by atoms with E-state index in [0.29, 0.717) is 10.2 Å². The Hall–Kier alpha value is -3.42. The molecule has 0 fully saturated rings. The zero-order chi connectivity index (χ0) is 24.1. The summed E-state index contributed by atoms with van der Waals surface area (Å²) in [5.74, 6) is -0.416. The van der Waals surface area contributed by atoms with Crippen molar-refractivity contribution in [2.24, 2.45) is 10.1 Å². The highest BCUT2D eigenvalue weighted by Crippen LogP contribution is 2.32. The molecule has 1 aromatic heterocycles. The second kappa shape index (κ2) is 8.42. The van der Waals surface area contributed by atoms with Crippen LogP contribution in [0.5, 0.6) is 0 Å². The minimum Gasteiger partial charge on any atom is -0.318 e. The third kappa shape index (κ3) is 3.81. The zero-order valence-electron chi connectivity index (χ0n) is 19.2. The van der Waals surface area contributed by atoms with Gasteiger partial charge in [0.25, 0.3) is 5.91 Å². The summed E-state index contributed by atoms with van der Waals surface area (Å²) >= 11 is 7.65. The number of fused-ring (bicyclic) bond motifs is 1. The Bertz CT molecular complexity index is 1480. The Kier molecular flexibility index (Phi) is 5.54. The summed E-state index contributed by atoms with van der Waals surface area (Å²) in [5, 5.41) is 16.6. The first kappa shape index (κ1) is 22.4. The summed E-state index contributed by atoms with van der Waals surface area (Å²) in [6.07, 6.45) is 1.73. The van der Waals surface area contributed by atoms with E-state index in [1.807, 2.05) is 76.2 Å². The third-order valence-electron chi connectivity index (χ3n) is 5.90. The molecule has 0 saturated heterocycles. The maximum Gasteiger partial charge on any atom is 0.283 e. The monoisotopic (exact) mass is 487 g/mol. The molecule has 2 aliphatic heterocycles. The number of nitrogens with zero attached hydrogens (tertiary/aromatic N) is 4. The van der Waals surface area contributed by atoms with Gasteiger partial charge in [-0.1, -0.05) is 41.4 Å². The quantitative estimate of drug-likeness (QED) is 0.458. The SMILES string of the molecule is Cc1cccc(C2=NN3C(=N)/C(=C\c4cc(C)n(-c5ccc(C)c(Cl)c5)c4C)C(=O)N=C3S2)c1. The number of hydrazone groups is 1. The molecule has 8 heteroatoms. The Balaban J connectivity index is 1.51. The van der Waals surface area contributed by atoms with E-state index in [2.05, 4.69) is 14.7 Å². The van der Waals surface area contributed by atoms with Gasteiger partial charge < -0.3 is 4.57 Å². The van der Waals surface area contributed by atoms with E-state index < -0.39 is 5.91 Å². The molecule has 2 aliphatic rings. The van der Waals surface area contributed by atoms with Gasteiger partial charge in [-0.3, -0.25) is 10.2 Å². The number of aromatic nitrogens is 1. The number of hydrogen-bond donors (Lipinski definition) is 1. The standard InChI is InChI=1S/C26H22ClN5OS/c1-14-6-5-7-18(10-14)25-30-32-23(28)21(24(33)29-26(32)34-25)12-19-11-16(3)31(17(19)4)20-9-8-15(2)22(27)13-20/h5-13,28H,1-4H3/b21-12+,28-23?. The summed E-state index contributed by atoms with van der Waals surface area (Å²) < 4.78 is 2.09. The van der Waals surface area contributed by atoms with Gasteiger partial charge in [0.05, 0.1) is 5.57 Å². The average molecular weight is 488 g/mol. The number of thioether (sulfide) groups is 1. The molecule has 0 atom stereocenters. The second-order valence-electron chi connectivity index (χ2n) is 8.39. The molecule has 0 unspecified atom stereocenters. The molecular formula is C26H22ClN5OS. The molecule has 2 aromatic carbocycles. The van der Waals surface area contributed by atoms with Crippen LogP contribution in [-0.4, -0.2) is 31.5 Å². The van der Waals surface area contributed by atoms with Crippen LogP contribution >= 0.6 is 23.4 Å². The van der Waals surface area contributed by atoms with Crippen molar-refractivity contribution in [1.82, 2.24) is 9.58 Å². The fourth-order valence-electron chi connectivity index (χ4n) is 4.09. The molecule has 3 heterocycles. The highest BCUT2D eigenvalue weighted by Gasteiger charge is 2.36. The van der Waals surface area contributed by atoms with Gasteiger partial charge in [-0.15, -0.1) is 0 Å². The smallest absolute Gasteiger partial charge is 0.283 e. The van der Waals surface area contributed by atoms with Crippen molar-refractivity contribution in [3.63, 3.8) is 0 Å². The lowest BCUT2D eigenvalue weighted by molar-refractivity contribution is -0.114. The van der Waals surface area contributed by atoms with Crippen molar-refractivity contribution in [2.75, 3.05) is 0 Å². The lowest BCUT2D eigenvalue weighted by Gasteiger charge is -2.20. The van der Waals surface area contributed by atoms with Crippen molar-refractivity contribution in [2.45, 2.75) is 27.7 Å². The number of hydrogen-bond acceptors (Lipinski definition) is 4. The molecule has 6 nitrogen and oxygen atoms in total. The first-order chi connectivity index (χ1) is 16.2. The summed E-state index contributed by atoms with van der Waals surface area (Å²) in [6.45, 7) is 7.97. The number of halogens is 1. The molecule has 0 saturated carbocycles. The van der Waals surface area contributed by atoms with Crippen molar-refractivity contribution >= 4 is 51.4 Å². The number of amidine groups is 2. The third-order valence-corrected chi connectivity index (χ3v) is 7.27. The highest BCUT2D eigenvalue weighted by molar-refractivity contribution is 8.27. The molecule has 170 valence electrons. The van der Waals surface area contributed by atoms with Crippen LogP contribution < -0.4 is 0 Å². The number of rotatable bonds is 3. The highest BCUT2D eigenvalue weighted by atomic mass is 35.5. The number of aliphatic imine (C=N–C) groups is 1. The van der Waals surface area contributed by atoms with E-state index >= 15 is 0 Å². The van der Waals surface area contributed by atoms with Crippen LogP contribution in [0.1, 0.15) is 33.6 Å². The molecule has 0 bridgehead atoms. The number of carbonyl (C=O) groups excluding carboxylic acids is 1. The van der Waals surface area contributed by atoms with Gasteiger partial charge in [0, 0.05) is 27.7 Å². The van der Waals surface area contributed by atoms with Gasteiger partial charge >= 0.3 is 0 Å². The van der Waals surface area contributed by atoms with Gasteiger partial charge in [-0.05, 0) is 80.9 Å². The molecule has 0 aliphatic carbocycles. The number of benzene rings is 2. The van der Waals surface area contributed by atoms with E-state index in [0.717, 1.165) is 44.4 Å². The fraction of sp³-hybridized carbons (Fsp3) is 0.154. The first-order valence-corrected chi connectivity index (χ1v) is 11.9. The van der Waals surface area contributed by atoms with Crippen LogP contribution in [0.3, 0.4) is 0 Å². The van der Waals surface area contributed by atoms with Gasteiger partial charge in [-0.2, -0.15) is 15.1 Å². The van der Waals surface area contributed by atoms with Crippen LogP contribution in [-0.2, 0) is 4.79 Å². The molecular weight excluding hydrogens is 466 g/mol. The van der Waals surface area contributed by atoms with E-state index in [9.17, 15) is 4.79 Å². The average Bonchev–Trinajstić information content (AvgIpc) is 3.34. The van der Waals surface area contributed by atoms with E-state index in [-0.39, 0.29) is 11.4 Å². The largest absolute Gasteiger partial charge is 0.318 e. The molecule has 34 heavy (non-hydrogen) atoms. The fourth-order valence-corrected chi connectivity index (χ4v) is 5.16. The number of carbonyl (C=O) groups is 1. The molecule has 0 spiro atoms. The number of nitrogens with one attached hydrogen (secondary N) is 1. The summed E-state index contributed by atoms with van der Waals surface area (Å²) in [6, 6.07) is 15.9. The van der Waals surface area contributed by atoms with Gasteiger partial charge in [0.2, 0.25) is 5.17 Å². The van der Waals surface area contributed by atoms with Crippen LogP contribution in [0.4, 0.5) is 0 Å². The second-order valence-corrected chi connectivity index (χ2v) is 9.75. The molecule has 3 aromatic rings. The van der Waals surface area contributed by atoms with Crippen molar-refractivity contribution in [3.8, 4) is 5.69 Å². The molecule has 1 amide bonds. The van der Waals surface area contributed by atoms with Gasteiger partial charge in [0.1, 0.15) is 5.04 Å². The van der Waals surface area contributed by atoms with Crippen molar-refractivity contribution in [1.29, 1.82) is 5.41 Å². The van der Waals surface area contributed by atoms with Gasteiger partial charge in [-0.25, -0.2) is 0 Å². The van der Waals surface area contributed by atoms with E-state index in [1.165, 1.54) is 16.8 Å². The Morgan fingerprint density at radius 2 is 1.85 bits per heavy atom. The van der Waals surface area contributed by atoms with E-state index in [4.69, 9.17) is 17.0 Å².